The molecule has 1 aliphatic rings. The minimum absolute atomic E-state index is 0.0171. The third-order valence-electron chi connectivity index (χ3n) is 5.90. The molecule has 3 atom stereocenters. The van der Waals surface area contributed by atoms with Gasteiger partial charge in [-0.1, -0.05) is 61.9 Å². The van der Waals surface area contributed by atoms with Crippen LogP contribution in [0.2, 0.25) is 0 Å². The summed E-state index contributed by atoms with van der Waals surface area (Å²) < 4.78 is 5.15. The Bertz CT molecular complexity index is 707. The largest absolute Gasteiger partial charge is 0.466 e. The number of unbranched alkanes of at least 4 members (excludes halogenated alkanes) is 2. The number of aryl methyl sites for hydroxylation is 1. The van der Waals surface area contributed by atoms with E-state index in [1.807, 2.05) is 24.3 Å². The Morgan fingerprint density at radius 1 is 1.16 bits per heavy atom. The summed E-state index contributed by atoms with van der Waals surface area (Å²) in [5, 5.41) is 10.3. The minimum atomic E-state index is -0.336. The van der Waals surface area contributed by atoms with Gasteiger partial charge in [0, 0.05) is 12.3 Å². The normalized spacial score (nSPS) is 19.2. The molecule has 0 bridgehead atoms. The van der Waals surface area contributed by atoms with E-state index in [0.29, 0.717) is 13.0 Å². The molecule has 4 heteroatoms. The lowest BCUT2D eigenvalue weighted by atomic mass is 9.86. The van der Waals surface area contributed by atoms with Gasteiger partial charge in [-0.2, -0.15) is 0 Å². The van der Waals surface area contributed by atoms with E-state index < -0.39 is 0 Å². The van der Waals surface area contributed by atoms with Gasteiger partial charge in [0.25, 0.3) is 0 Å². The number of hydrogen-bond donors (Lipinski definition) is 1. The fraction of sp³-hybridized carbons (Fsp3) is 0.556. The highest BCUT2D eigenvalue weighted by molar-refractivity contribution is 5.94. The van der Waals surface area contributed by atoms with Gasteiger partial charge in [-0.15, -0.1) is 0 Å². The molecule has 0 aromatic heterocycles. The maximum absolute atomic E-state index is 12.2. The first-order valence-corrected chi connectivity index (χ1v) is 11.8. The molecule has 1 aromatic carbocycles. The van der Waals surface area contributed by atoms with Crippen molar-refractivity contribution in [2.75, 3.05) is 6.61 Å². The smallest absolute Gasteiger partial charge is 0.305 e. The summed E-state index contributed by atoms with van der Waals surface area (Å²) in [4.78, 5) is 23.8. The molecule has 0 radical (unpaired) electrons. The van der Waals surface area contributed by atoms with Crippen molar-refractivity contribution in [2.24, 2.45) is 11.8 Å². The van der Waals surface area contributed by atoms with Gasteiger partial charge in [0.15, 0.2) is 5.78 Å². The second kappa shape index (κ2) is 14.7. The van der Waals surface area contributed by atoms with Gasteiger partial charge in [-0.3, -0.25) is 9.59 Å². The van der Waals surface area contributed by atoms with Gasteiger partial charge in [-0.05, 0) is 68.9 Å². The molecule has 1 aromatic rings. The van der Waals surface area contributed by atoms with Crippen LogP contribution in [-0.2, 0) is 20.7 Å². The van der Waals surface area contributed by atoms with Gasteiger partial charge in [0.2, 0.25) is 0 Å². The molecule has 0 fully saturated rings. The van der Waals surface area contributed by atoms with Crippen molar-refractivity contribution >= 4 is 11.8 Å². The van der Waals surface area contributed by atoms with Crippen LogP contribution < -0.4 is 0 Å². The van der Waals surface area contributed by atoms with Crippen LogP contribution in [0.15, 0.2) is 54.6 Å². The molecule has 1 N–H and O–H groups in total. The zero-order valence-corrected chi connectivity index (χ0v) is 18.9. The van der Waals surface area contributed by atoms with Crippen LogP contribution in [0.5, 0.6) is 0 Å². The van der Waals surface area contributed by atoms with E-state index in [2.05, 4.69) is 31.2 Å². The summed E-state index contributed by atoms with van der Waals surface area (Å²) in [7, 11) is 0. The van der Waals surface area contributed by atoms with E-state index in [1.165, 1.54) is 5.56 Å². The first kappa shape index (κ1) is 25.1. The molecule has 0 amide bonds. The summed E-state index contributed by atoms with van der Waals surface area (Å²) in [6.45, 7) is 2.59. The van der Waals surface area contributed by atoms with Crippen LogP contribution in [0.1, 0.15) is 70.3 Å². The summed E-state index contributed by atoms with van der Waals surface area (Å²) in [6, 6.07) is 10.2. The van der Waals surface area contributed by atoms with Crippen molar-refractivity contribution in [1.29, 1.82) is 0 Å². The molecule has 0 saturated heterocycles. The van der Waals surface area contributed by atoms with E-state index in [4.69, 9.17) is 4.74 Å². The SMILES string of the molecule is CCCCOC(=O)CCC/C=C\C[C@H]1C(=O)C=CC1CC[C@@H](O)CCc1ccccc1. The zero-order chi connectivity index (χ0) is 22.3. The fourth-order valence-electron chi connectivity index (χ4n) is 3.91. The first-order chi connectivity index (χ1) is 15.1. The molecule has 1 aliphatic carbocycles. The molecule has 1 unspecified atom stereocenters. The number of benzene rings is 1. The number of rotatable bonds is 15. The van der Waals surface area contributed by atoms with E-state index in [9.17, 15) is 14.7 Å². The van der Waals surface area contributed by atoms with E-state index in [1.54, 1.807) is 6.08 Å². The summed E-state index contributed by atoms with van der Waals surface area (Å²) in [6.07, 6.45) is 15.4. The van der Waals surface area contributed by atoms with Gasteiger partial charge < -0.3 is 9.84 Å². The second-order valence-electron chi connectivity index (χ2n) is 8.46. The lowest BCUT2D eigenvalue weighted by molar-refractivity contribution is -0.143. The zero-order valence-electron chi connectivity index (χ0n) is 18.9. The van der Waals surface area contributed by atoms with Crippen LogP contribution in [0, 0.1) is 11.8 Å². The van der Waals surface area contributed by atoms with Crippen LogP contribution in [-0.4, -0.2) is 29.6 Å². The van der Waals surface area contributed by atoms with Gasteiger partial charge in [-0.25, -0.2) is 0 Å². The average Bonchev–Trinajstić information content (AvgIpc) is 3.13. The van der Waals surface area contributed by atoms with Crippen molar-refractivity contribution < 1.29 is 19.4 Å². The number of esters is 1. The van der Waals surface area contributed by atoms with Gasteiger partial charge >= 0.3 is 5.97 Å². The molecular formula is C27H38O4. The maximum Gasteiger partial charge on any atom is 0.305 e. The number of carbonyl (C=O) groups is 2. The predicted molar refractivity (Wildman–Crippen MR) is 125 cm³/mol. The number of allylic oxidation sites excluding steroid dienone is 4. The Balaban J connectivity index is 1.62. The first-order valence-electron chi connectivity index (χ1n) is 11.8. The number of ketones is 1. The lowest BCUT2D eigenvalue weighted by Crippen LogP contribution is -2.17. The number of hydrogen-bond acceptors (Lipinski definition) is 4. The molecule has 0 aliphatic heterocycles. The quantitative estimate of drug-likeness (QED) is 0.225. The van der Waals surface area contributed by atoms with Gasteiger partial charge in [0.1, 0.15) is 0 Å². The molecule has 0 spiro atoms. The molecular weight excluding hydrogens is 388 g/mol. The highest BCUT2D eigenvalue weighted by atomic mass is 16.5. The molecule has 2 rings (SSSR count). The molecule has 0 heterocycles. The number of carbonyl (C=O) groups excluding carboxylic acids is 2. The van der Waals surface area contributed by atoms with E-state index in [0.717, 1.165) is 57.8 Å². The second-order valence-corrected chi connectivity index (χ2v) is 8.46. The third-order valence-corrected chi connectivity index (χ3v) is 5.90. The van der Waals surface area contributed by atoms with E-state index in [-0.39, 0.29) is 29.7 Å². The number of ether oxygens (including phenoxy) is 1. The Morgan fingerprint density at radius 2 is 1.97 bits per heavy atom. The van der Waals surface area contributed by atoms with Crippen LogP contribution in [0.25, 0.3) is 0 Å². The Kier molecular flexibility index (Phi) is 11.9. The van der Waals surface area contributed by atoms with Gasteiger partial charge in [0.05, 0.1) is 12.7 Å². The Hall–Kier alpha value is -2.20. The summed E-state index contributed by atoms with van der Waals surface area (Å²) in [5.74, 6) is 0.254. The van der Waals surface area contributed by atoms with Crippen molar-refractivity contribution in [3.05, 3.63) is 60.2 Å². The topological polar surface area (TPSA) is 63.6 Å². The predicted octanol–water partition coefficient (Wildman–Crippen LogP) is 5.59. The Labute approximate surface area is 187 Å². The Morgan fingerprint density at radius 3 is 2.74 bits per heavy atom. The fourth-order valence-corrected chi connectivity index (χ4v) is 3.91. The van der Waals surface area contributed by atoms with Crippen LogP contribution in [0.3, 0.4) is 0 Å². The highest BCUT2D eigenvalue weighted by Crippen LogP contribution is 2.30. The van der Waals surface area contributed by atoms with Crippen LogP contribution >= 0.6 is 0 Å². The maximum atomic E-state index is 12.2. The highest BCUT2D eigenvalue weighted by Gasteiger charge is 2.29. The summed E-state index contributed by atoms with van der Waals surface area (Å²) in [5.41, 5.74) is 1.25. The molecule has 0 saturated carbocycles. The molecule has 31 heavy (non-hydrogen) atoms. The molecule has 4 nitrogen and oxygen atoms in total. The standard InChI is InChI=1S/C27H38O4/c1-2-3-21-31-27(30)14-10-5-4-9-13-25-23(17-20-26(25)29)16-19-24(28)18-15-22-11-7-6-8-12-22/h4,6-9,11-12,17,20,23-25,28H,2-3,5,10,13-16,18-19,21H2,1H3/b9-4-/t23?,24-,25+/m0/s1. The van der Waals surface area contributed by atoms with Crippen molar-refractivity contribution in [1.82, 2.24) is 0 Å². The van der Waals surface area contributed by atoms with Crippen molar-refractivity contribution in [2.45, 2.75) is 77.2 Å². The van der Waals surface area contributed by atoms with Crippen molar-refractivity contribution in [3.8, 4) is 0 Å². The number of aliphatic hydroxyl groups excluding tert-OH is 1. The lowest BCUT2D eigenvalue weighted by Gasteiger charge is -2.18. The van der Waals surface area contributed by atoms with Crippen molar-refractivity contribution in [3.63, 3.8) is 0 Å². The minimum Gasteiger partial charge on any atom is -0.466 e. The number of aliphatic hydroxyl groups is 1. The molecule has 170 valence electrons. The van der Waals surface area contributed by atoms with Crippen LogP contribution in [0.4, 0.5) is 0 Å². The van der Waals surface area contributed by atoms with E-state index >= 15 is 0 Å². The average molecular weight is 427 g/mol. The summed E-state index contributed by atoms with van der Waals surface area (Å²) >= 11 is 0. The third kappa shape index (κ3) is 10.1. The monoisotopic (exact) mass is 426 g/mol.